The molecule has 0 spiro atoms. The first kappa shape index (κ1) is 9.34. The summed E-state index contributed by atoms with van der Waals surface area (Å²) in [5, 5.41) is 6.44. The fraction of sp³-hybridized carbons (Fsp3) is 0.889. The van der Waals surface area contributed by atoms with Gasteiger partial charge in [0.1, 0.15) is 0 Å². The first-order valence-corrected chi connectivity index (χ1v) is 6.04. The fourth-order valence-corrected chi connectivity index (χ4v) is 2.84. The van der Waals surface area contributed by atoms with Gasteiger partial charge in [-0.05, 0) is 18.6 Å². The average molecular weight is 200 g/mol. The third kappa shape index (κ3) is 2.38. The zero-order valence-electron chi connectivity index (χ0n) is 7.71. The summed E-state index contributed by atoms with van der Waals surface area (Å²) in [7, 11) is 0. The van der Waals surface area contributed by atoms with Gasteiger partial charge in [0.2, 0.25) is 5.91 Å². The van der Waals surface area contributed by atoms with Gasteiger partial charge in [0, 0.05) is 13.1 Å². The van der Waals surface area contributed by atoms with Crippen molar-refractivity contribution in [2.75, 3.05) is 18.8 Å². The molecule has 2 saturated heterocycles. The molecule has 2 aliphatic rings. The van der Waals surface area contributed by atoms with Gasteiger partial charge in [-0.3, -0.25) is 4.79 Å². The predicted octanol–water partition coefficient (Wildman–Crippen LogP) is 0.360. The van der Waals surface area contributed by atoms with E-state index < -0.39 is 0 Å². The maximum atomic E-state index is 11.6. The highest BCUT2D eigenvalue weighted by atomic mass is 32.2. The van der Waals surface area contributed by atoms with Crippen LogP contribution in [0.15, 0.2) is 0 Å². The van der Waals surface area contributed by atoms with Crippen molar-refractivity contribution in [1.29, 1.82) is 0 Å². The molecule has 1 amide bonds. The summed E-state index contributed by atoms with van der Waals surface area (Å²) in [6, 6.07) is 0.398. The molecule has 3 nitrogen and oxygen atoms in total. The Bertz CT molecular complexity index is 188. The Kier molecular flexibility index (Phi) is 3.11. The van der Waals surface area contributed by atoms with E-state index in [0.29, 0.717) is 6.04 Å². The average Bonchev–Trinajstić information content (AvgIpc) is 2.12. The minimum absolute atomic E-state index is 0.231. The molecule has 0 saturated carbocycles. The summed E-state index contributed by atoms with van der Waals surface area (Å²) < 4.78 is 0. The van der Waals surface area contributed by atoms with Crippen LogP contribution in [0.25, 0.3) is 0 Å². The largest absolute Gasteiger partial charge is 0.350 e. The van der Waals surface area contributed by atoms with Crippen molar-refractivity contribution in [3.63, 3.8) is 0 Å². The lowest BCUT2D eigenvalue weighted by Gasteiger charge is -2.30. The van der Waals surface area contributed by atoms with Crippen LogP contribution < -0.4 is 10.6 Å². The molecule has 0 aliphatic carbocycles. The van der Waals surface area contributed by atoms with E-state index in [0.717, 1.165) is 25.3 Å². The Morgan fingerprint density at radius 1 is 1.38 bits per heavy atom. The van der Waals surface area contributed by atoms with Crippen molar-refractivity contribution in [3.8, 4) is 0 Å². The summed E-state index contributed by atoms with van der Waals surface area (Å²) in [6.07, 6.45) is 3.56. The van der Waals surface area contributed by atoms with Gasteiger partial charge in [-0.1, -0.05) is 6.42 Å². The number of thioether (sulfide) groups is 1. The summed E-state index contributed by atoms with van der Waals surface area (Å²) in [6.45, 7) is 1.90. The van der Waals surface area contributed by atoms with E-state index in [-0.39, 0.29) is 11.2 Å². The summed E-state index contributed by atoms with van der Waals surface area (Å²) in [5.41, 5.74) is 0. The van der Waals surface area contributed by atoms with Crippen molar-refractivity contribution in [2.45, 2.75) is 30.6 Å². The Labute approximate surface area is 83.0 Å². The van der Waals surface area contributed by atoms with Crippen LogP contribution in [-0.4, -0.2) is 36.0 Å². The molecule has 2 N–H and O–H groups in total. The monoisotopic (exact) mass is 200 g/mol. The lowest BCUT2D eigenvalue weighted by Crippen LogP contribution is -2.58. The van der Waals surface area contributed by atoms with Crippen LogP contribution in [0, 0.1) is 0 Å². The standard InChI is InChI=1S/C9H16N2OS/c12-9(11-7-5-10-6-7)8-3-1-2-4-13-8/h7-8,10H,1-6H2,(H,11,12). The third-order valence-electron chi connectivity index (χ3n) is 2.60. The zero-order chi connectivity index (χ0) is 9.10. The highest BCUT2D eigenvalue weighted by molar-refractivity contribution is 8.00. The molecule has 2 aliphatic heterocycles. The molecule has 2 fully saturated rings. The van der Waals surface area contributed by atoms with Crippen LogP contribution in [-0.2, 0) is 4.79 Å². The van der Waals surface area contributed by atoms with E-state index >= 15 is 0 Å². The van der Waals surface area contributed by atoms with Crippen LogP contribution in [0.5, 0.6) is 0 Å². The van der Waals surface area contributed by atoms with Crippen LogP contribution >= 0.6 is 11.8 Å². The Morgan fingerprint density at radius 2 is 2.23 bits per heavy atom. The van der Waals surface area contributed by atoms with E-state index in [4.69, 9.17) is 0 Å². The highest BCUT2D eigenvalue weighted by Gasteiger charge is 2.25. The molecule has 13 heavy (non-hydrogen) atoms. The van der Waals surface area contributed by atoms with Crippen LogP contribution in [0.3, 0.4) is 0 Å². The van der Waals surface area contributed by atoms with Crippen LogP contribution in [0.1, 0.15) is 19.3 Å². The predicted molar refractivity (Wildman–Crippen MR) is 54.9 cm³/mol. The zero-order valence-corrected chi connectivity index (χ0v) is 8.53. The van der Waals surface area contributed by atoms with Crippen molar-refractivity contribution in [1.82, 2.24) is 10.6 Å². The van der Waals surface area contributed by atoms with Gasteiger partial charge in [-0.25, -0.2) is 0 Å². The summed E-state index contributed by atoms with van der Waals surface area (Å²) in [4.78, 5) is 11.6. The highest BCUT2D eigenvalue weighted by Crippen LogP contribution is 2.25. The normalized spacial score (nSPS) is 29.4. The van der Waals surface area contributed by atoms with Gasteiger partial charge in [-0.15, -0.1) is 11.8 Å². The lowest BCUT2D eigenvalue weighted by atomic mass is 10.1. The second-order valence-corrected chi connectivity index (χ2v) is 5.03. The number of hydrogen-bond donors (Lipinski definition) is 2. The summed E-state index contributed by atoms with van der Waals surface area (Å²) in [5.74, 6) is 1.41. The Balaban J connectivity index is 1.74. The number of nitrogens with one attached hydrogen (secondary N) is 2. The van der Waals surface area contributed by atoms with Crippen molar-refractivity contribution in [2.24, 2.45) is 0 Å². The second kappa shape index (κ2) is 4.33. The van der Waals surface area contributed by atoms with Gasteiger partial charge in [0.05, 0.1) is 11.3 Å². The van der Waals surface area contributed by atoms with Crippen LogP contribution in [0.2, 0.25) is 0 Å². The maximum Gasteiger partial charge on any atom is 0.233 e. The summed E-state index contributed by atoms with van der Waals surface area (Å²) >= 11 is 1.82. The van der Waals surface area contributed by atoms with Crippen LogP contribution in [0.4, 0.5) is 0 Å². The number of rotatable bonds is 2. The molecule has 74 valence electrons. The topological polar surface area (TPSA) is 41.1 Å². The number of carbonyl (C=O) groups excluding carboxylic acids is 1. The second-order valence-electron chi connectivity index (χ2n) is 3.72. The first-order valence-electron chi connectivity index (χ1n) is 4.99. The smallest absolute Gasteiger partial charge is 0.233 e. The Hall–Kier alpha value is -0.220. The van der Waals surface area contributed by atoms with E-state index in [1.807, 2.05) is 11.8 Å². The van der Waals surface area contributed by atoms with Gasteiger partial charge < -0.3 is 10.6 Å². The van der Waals surface area contributed by atoms with Gasteiger partial charge >= 0.3 is 0 Å². The van der Waals surface area contributed by atoms with Gasteiger partial charge in [0.15, 0.2) is 0 Å². The lowest BCUT2D eigenvalue weighted by molar-refractivity contribution is -0.121. The molecular weight excluding hydrogens is 184 g/mol. The first-order chi connectivity index (χ1) is 6.36. The molecule has 4 heteroatoms. The molecule has 1 unspecified atom stereocenters. The number of hydrogen-bond acceptors (Lipinski definition) is 3. The third-order valence-corrected chi connectivity index (χ3v) is 3.98. The Morgan fingerprint density at radius 3 is 2.77 bits per heavy atom. The fourth-order valence-electron chi connectivity index (χ4n) is 1.63. The minimum atomic E-state index is 0.231. The molecule has 2 rings (SSSR count). The molecule has 0 aromatic rings. The molecule has 1 atom stereocenters. The number of amides is 1. The van der Waals surface area contributed by atoms with Crippen molar-refractivity contribution >= 4 is 17.7 Å². The maximum absolute atomic E-state index is 11.6. The minimum Gasteiger partial charge on any atom is -0.350 e. The van der Waals surface area contributed by atoms with E-state index in [1.54, 1.807) is 0 Å². The van der Waals surface area contributed by atoms with E-state index in [1.165, 1.54) is 12.8 Å². The molecular formula is C9H16N2OS. The molecule has 0 aromatic heterocycles. The SMILES string of the molecule is O=C(NC1CNC1)C1CCCCS1. The van der Waals surface area contributed by atoms with E-state index in [9.17, 15) is 4.79 Å². The molecule has 0 bridgehead atoms. The molecule has 0 aromatic carbocycles. The van der Waals surface area contributed by atoms with Crippen molar-refractivity contribution in [3.05, 3.63) is 0 Å². The molecule has 2 heterocycles. The van der Waals surface area contributed by atoms with Crippen molar-refractivity contribution < 1.29 is 4.79 Å². The number of carbonyl (C=O) groups is 1. The quantitative estimate of drug-likeness (QED) is 0.676. The molecule has 0 radical (unpaired) electrons. The van der Waals surface area contributed by atoms with Gasteiger partial charge in [0.25, 0.3) is 0 Å². The van der Waals surface area contributed by atoms with Gasteiger partial charge in [-0.2, -0.15) is 0 Å². The van der Waals surface area contributed by atoms with E-state index in [2.05, 4.69) is 10.6 Å².